The topological polar surface area (TPSA) is 77.5 Å². The Balaban J connectivity index is 0.000000245. The maximum absolute atomic E-state index is 12.4. The fourth-order valence-electron chi connectivity index (χ4n) is 3.17. The zero-order valence-corrected chi connectivity index (χ0v) is 19.0. The van der Waals surface area contributed by atoms with Gasteiger partial charge in [-0.2, -0.15) is 0 Å². The minimum absolute atomic E-state index is 0.244. The summed E-state index contributed by atoms with van der Waals surface area (Å²) in [7, 11) is -1.26. The third kappa shape index (κ3) is 6.34. The predicted molar refractivity (Wildman–Crippen MR) is 123 cm³/mol. The summed E-state index contributed by atoms with van der Waals surface area (Å²) in [6.45, 7) is 5.79. The summed E-state index contributed by atoms with van der Waals surface area (Å²) in [5, 5.41) is 0.622. The lowest BCUT2D eigenvalue weighted by molar-refractivity contribution is -0.135. The summed E-state index contributed by atoms with van der Waals surface area (Å²) in [4.78, 5) is 34.3. The molecule has 3 aromatic rings. The van der Waals surface area contributed by atoms with Gasteiger partial charge in [-0.25, -0.2) is 4.79 Å². The van der Waals surface area contributed by atoms with Crippen molar-refractivity contribution in [3.05, 3.63) is 101 Å². The third-order valence-corrected chi connectivity index (χ3v) is 6.07. The molecule has 0 aliphatic heterocycles. The number of hydrogen-bond donors (Lipinski definition) is 0. The van der Waals surface area contributed by atoms with Crippen molar-refractivity contribution in [3.8, 4) is 0 Å². The number of methoxy groups -OCH3 is 1. The van der Waals surface area contributed by atoms with Gasteiger partial charge in [0.05, 0.1) is 7.11 Å². The number of Topliss-reactive ketones (excluding diaryl/α,β-unsaturated/α-hetero) is 1. The van der Waals surface area contributed by atoms with Gasteiger partial charge in [0.2, 0.25) is 5.52 Å². The van der Waals surface area contributed by atoms with Crippen molar-refractivity contribution in [1.82, 2.24) is 0 Å². The van der Waals surface area contributed by atoms with Crippen LogP contribution in [-0.4, -0.2) is 24.4 Å². The average Bonchev–Trinajstić information content (AvgIpc) is 2.78. The van der Waals surface area contributed by atoms with Gasteiger partial charge in [-0.1, -0.05) is 78.4 Å². The molecule has 1 unspecified atom stereocenters. The highest BCUT2D eigenvalue weighted by atomic mass is 31.1. The highest BCUT2D eigenvalue weighted by molar-refractivity contribution is 7.71. The maximum atomic E-state index is 12.4. The van der Waals surface area contributed by atoms with Crippen molar-refractivity contribution < 1.29 is 23.7 Å². The molecule has 6 heteroatoms. The fourth-order valence-corrected chi connectivity index (χ4v) is 4.55. The van der Waals surface area contributed by atoms with Crippen LogP contribution in [0.2, 0.25) is 0 Å². The number of hydrogen-bond acceptors (Lipinski definition) is 5. The van der Waals surface area contributed by atoms with Crippen LogP contribution in [0.5, 0.6) is 0 Å². The molecule has 3 rings (SSSR count). The van der Waals surface area contributed by atoms with E-state index in [1.165, 1.54) is 7.11 Å². The SMILES string of the molecule is COC(=O)C(=O)c1ccccc1.Cc1cc(C)c(C(=O)[PH](=O)c2ccccc2)c(C)c1. The lowest BCUT2D eigenvalue weighted by atomic mass is 10.0. The number of carbonyl (C=O) groups is 3. The van der Waals surface area contributed by atoms with Gasteiger partial charge in [-0.3, -0.25) is 9.59 Å². The van der Waals surface area contributed by atoms with Gasteiger partial charge in [-0.15, -0.1) is 0 Å². The monoisotopic (exact) mass is 436 g/mol. The van der Waals surface area contributed by atoms with Gasteiger partial charge in [0.15, 0.2) is 7.80 Å². The molecule has 0 aliphatic rings. The second-order valence-electron chi connectivity index (χ2n) is 6.98. The second kappa shape index (κ2) is 11.2. The third-order valence-electron chi connectivity index (χ3n) is 4.55. The summed E-state index contributed by atoms with van der Waals surface area (Å²) in [6.07, 6.45) is 0. The highest BCUT2D eigenvalue weighted by Crippen LogP contribution is 2.30. The Hall–Kier alpha value is -3.30. The van der Waals surface area contributed by atoms with Gasteiger partial charge in [0.1, 0.15) is 0 Å². The molecule has 3 aromatic carbocycles. The first kappa shape index (κ1) is 24.0. The Morgan fingerprint density at radius 2 is 1.26 bits per heavy atom. The van der Waals surface area contributed by atoms with E-state index in [2.05, 4.69) is 4.74 Å². The normalized spacial score (nSPS) is 11.0. The predicted octanol–water partition coefficient (Wildman–Crippen LogP) is 4.68. The van der Waals surface area contributed by atoms with E-state index in [0.29, 0.717) is 16.4 Å². The van der Waals surface area contributed by atoms with Crippen molar-refractivity contribution >= 4 is 30.4 Å². The summed E-state index contributed by atoms with van der Waals surface area (Å²) < 4.78 is 16.6. The molecular formula is C25H25O5P. The Morgan fingerprint density at radius 3 is 1.74 bits per heavy atom. The second-order valence-corrected chi connectivity index (χ2v) is 8.67. The number of aryl methyl sites for hydroxylation is 3. The van der Waals surface area contributed by atoms with Crippen LogP contribution in [0.25, 0.3) is 0 Å². The summed E-state index contributed by atoms with van der Waals surface area (Å²) in [5.41, 5.74) is 3.63. The van der Waals surface area contributed by atoms with E-state index < -0.39 is 19.6 Å². The molecule has 5 nitrogen and oxygen atoms in total. The molecule has 0 saturated heterocycles. The van der Waals surface area contributed by atoms with Crippen LogP contribution in [0.4, 0.5) is 0 Å². The summed E-state index contributed by atoms with van der Waals surface area (Å²) >= 11 is 0. The number of benzene rings is 3. The molecule has 0 N–H and O–H groups in total. The first-order chi connectivity index (χ1) is 14.8. The Bertz CT molecular complexity index is 1080. The van der Waals surface area contributed by atoms with Gasteiger partial charge < -0.3 is 9.30 Å². The minimum Gasteiger partial charge on any atom is -0.463 e. The first-order valence-corrected chi connectivity index (χ1v) is 11.1. The fraction of sp³-hybridized carbons (Fsp3) is 0.160. The number of rotatable bonds is 5. The van der Waals surface area contributed by atoms with Crippen LogP contribution in [0.3, 0.4) is 0 Å². The highest BCUT2D eigenvalue weighted by Gasteiger charge is 2.20. The first-order valence-electron chi connectivity index (χ1n) is 9.65. The van der Waals surface area contributed by atoms with Crippen LogP contribution in [0.1, 0.15) is 37.4 Å². The molecule has 0 bridgehead atoms. The standard InChI is InChI=1S/C16H17O2P.C9H8O3/c1-11-9-12(2)15(13(3)10-11)16(17)19(18)14-7-5-4-6-8-14;1-12-9(11)8(10)7-5-3-2-4-6-7/h4-10,19H,1-3H3;2-6H,1H3. The molecule has 0 saturated carbocycles. The number of ether oxygens (including phenoxy) is 1. The molecule has 0 aliphatic carbocycles. The van der Waals surface area contributed by atoms with Gasteiger partial charge in [-0.05, 0) is 31.9 Å². The molecule has 0 radical (unpaired) electrons. The molecule has 1 atom stereocenters. The summed E-state index contributed by atoms with van der Waals surface area (Å²) in [6, 6.07) is 21.2. The van der Waals surface area contributed by atoms with Crippen LogP contribution in [-0.2, 0) is 14.1 Å². The molecular weight excluding hydrogens is 411 g/mol. The van der Waals surface area contributed by atoms with Crippen LogP contribution in [0, 0.1) is 20.8 Å². The van der Waals surface area contributed by atoms with E-state index in [1.54, 1.807) is 54.6 Å². The van der Waals surface area contributed by atoms with Crippen molar-refractivity contribution in [3.63, 3.8) is 0 Å². The molecule has 0 heterocycles. The van der Waals surface area contributed by atoms with Crippen molar-refractivity contribution in [2.24, 2.45) is 0 Å². The van der Waals surface area contributed by atoms with Crippen molar-refractivity contribution in [1.29, 1.82) is 0 Å². The van der Waals surface area contributed by atoms with Gasteiger partial charge in [0, 0.05) is 16.4 Å². The lowest BCUT2D eigenvalue weighted by Gasteiger charge is -2.10. The zero-order valence-electron chi connectivity index (χ0n) is 18.0. The smallest absolute Gasteiger partial charge is 0.379 e. The molecule has 0 aromatic heterocycles. The molecule has 0 spiro atoms. The largest absolute Gasteiger partial charge is 0.463 e. The quantitative estimate of drug-likeness (QED) is 0.251. The van der Waals surface area contributed by atoms with Gasteiger partial charge in [0.25, 0.3) is 5.78 Å². The van der Waals surface area contributed by atoms with Crippen LogP contribution in [0.15, 0.2) is 72.8 Å². The molecule has 160 valence electrons. The van der Waals surface area contributed by atoms with E-state index >= 15 is 0 Å². The number of esters is 1. The Morgan fingerprint density at radius 1 is 0.774 bits per heavy atom. The van der Waals surface area contributed by atoms with E-state index in [9.17, 15) is 18.9 Å². The number of carbonyl (C=O) groups excluding carboxylic acids is 3. The Labute approximate surface area is 182 Å². The lowest BCUT2D eigenvalue weighted by Crippen LogP contribution is -2.15. The maximum Gasteiger partial charge on any atom is 0.379 e. The van der Waals surface area contributed by atoms with E-state index in [0.717, 1.165) is 16.7 Å². The summed E-state index contributed by atoms with van der Waals surface area (Å²) in [5.74, 6) is -1.45. The van der Waals surface area contributed by atoms with Crippen LogP contribution >= 0.6 is 7.80 Å². The zero-order chi connectivity index (χ0) is 23.0. The molecule has 0 fully saturated rings. The van der Waals surface area contributed by atoms with Crippen molar-refractivity contribution in [2.75, 3.05) is 7.11 Å². The number of ketones is 1. The minimum atomic E-state index is -2.44. The van der Waals surface area contributed by atoms with Crippen LogP contribution < -0.4 is 5.30 Å². The average molecular weight is 436 g/mol. The molecule has 31 heavy (non-hydrogen) atoms. The molecule has 0 amide bonds. The van der Waals surface area contributed by atoms with Crippen molar-refractivity contribution in [2.45, 2.75) is 20.8 Å². The van der Waals surface area contributed by atoms with Gasteiger partial charge >= 0.3 is 5.97 Å². The van der Waals surface area contributed by atoms with E-state index in [1.807, 2.05) is 39.0 Å². The van der Waals surface area contributed by atoms with E-state index in [4.69, 9.17) is 0 Å². The Kier molecular flexibility index (Phi) is 8.65. The van der Waals surface area contributed by atoms with E-state index in [-0.39, 0.29) is 5.52 Å².